The molecule has 1 aliphatic heterocycles. The zero-order valence-corrected chi connectivity index (χ0v) is 11.2. The predicted molar refractivity (Wildman–Crippen MR) is 72.0 cm³/mol. The van der Waals surface area contributed by atoms with Crippen LogP contribution in [0.3, 0.4) is 0 Å². The van der Waals surface area contributed by atoms with Crippen LogP contribution in [0, 0.1) is 0 Å². The van der Waals surface area contributed by atoms with E-state index >= 15 is 0 Å². The minimum absolute atomic E-state index is 0.0797. The second kappa shape index (κ2) is 5.44. The second-order valence-corrected chi connectivity index (χ2v) is 5.47. The molecule has 0 aromatic carbocycles. The van der Waals surface area contributed by atoms with Crippen LogP contribution >= 0.6 is 11.3 Å². The number of piperidine rings is 1. The summed E-state index contributed by atoms with van der Waals surface area (Å²) in [5.74, 6) is 0.371. The Bertz CT molecular complexity index is 543. The molecule has 1 saturated heterocycles. The number of thiazole rings is 1. The van der Waals surface area contributed by atoms with Crippen LogP contribution in [0.15, 0.2) is 30.3 Å². The van der Waals surface area contributed by atoms with Gasteiger partial charge in [0.15, 0.2) is 0 Å². The molecule has 3 heterocycles. The molecule has 1 atom stereocenters. The van der Waals surface area contributed by atoms with Crippen LogP contribution in [0.25, 0.3) is 0 Å². The number of nitrogens with zero attached hydrogens (tertiary/aromatic N) is 4. The van der Waals surface area contributed by atoms with Gasteiger partial charge in [-0.1, -0.05) is 0 Å². The van der Waals surface area contributed by atoms with Crippen molar-refractivity contribution in [1.29, 1.82) is 0 Å². The lowest BCUT2D eigenvalue weighted by molar-refractivity contribution is 0.0710. The van der Waals surface area contributed by atoms with Gasteiger partial charge in [-0.3, -0.25) is 19.7 Å². The molecule has 98 valence electrons. The van der Waals surface area contributed by atoms with Crippen molar-refractivity contribution >= 4 is 17.2 Å². The Kier molecular flexibility index (Phi) is 3.50. The van der Waals surface area contributed by atoms with E-state index in [1.54, 1.807) is 30.3 Å². The summed E-state index contributed by atoms with van der Waals surface area (Å²) in [6, 6.07) is 0. The molecule has 1 aliphatic rings. The largest absolute Gasteiger partial charge is 0.337 e. The Balaban J connectivity index is 1.73. The van der Waals surface area contributed by atoms with Gasteiger partial charge in [0.1, 0.15) is 4.88 Å². The van der Waals surface area contributed by atoms with Crippen LogP contribution in [0.5, 0.6) is 0 Å². The van der Waals surface area contributed by atoms with Crippen LogP contribution < -0.4 is 0 Å². The highest BCUT2D eigenvalue weighted by atomic mass is 32.1. The van der Waals surface area contributed by atoms with Crippen LogP contribution in [-0.4, -0.2) is 38.8 Å². The summed E-state index contributed by atoms with van der Waals surface area (Å²) >= 11 is 1.39. The van der Waals surface area contributed by atoms with Crippen LogP contribution in [-0.2, 0) is 0 Å². The molecule has 0 radical (unpaired) electrons. The highest BCUT2D eigenvalue weighted by Gasteiger charge is 2.26. The molecule has 1 unspecified atom stereocenters. The fourth-order valence-electron chi connectivity index (χ4n) is 2.40. The molecule has 0 spiro atoms. The van der Waals surface area contributed by atoms with Crippen LogP contribution in [0.2, 0.25) is 0 Å². The molecule has 2 aromatic heterocycles. The first kappa shape index (κ1) is 12.2. The number of amides is 1. The minimum Gasteiger partial charge on any atom is -0.337 e. The average Bonchev–Trinajstić information content (AvgIpc) is 3.02. The number of hydrogen-bond donors (Lipinski definition) is 0. The molecule has 1 amide bonds. The third kappa shape index (κ3) is 2.63. The lowest BCUT2D eigenvalue weighted by Crippen LogP contribution is -2.39. The summed E-state index contributed by atoms with van der Waals surface area (Å²) in [7, 11) is 0. The molecule has 0 N–H and O–H groups in total. The Morgan fingerprint density at radius 1 is 1.32 bits per heavy atom. The Labute approximate surface area is 115 Å². The maximum atomic E-state index is 12.3. The number of carbonyl (C=O) groups excluding carboxylic acids is 1. The molecule has 6 heteroatoms. The molecule has 5 nitrogen and oxygen atoms in total. The minimum atomic E-state index is 0.0797. The highest BCUT2D eigenvalue weighted by molar-refractivity contribution is 7.11. The SMILES string of the molecule is O=C(c1cncs1)N1CCCC(c2cnccn2)C1. The quantitative estimate of drug-likeness (QED) is 0.840. The van der Waals surface area contributed by atoms with Gasteiger partial charge in [-0.15, -0.1) is 11.3 Å². The van der Waals surface area contributed by atoms with E-state index in [0.29, 0.717) is 10.8 Å². The van der Waals surface area contributed by atoms with E-state index in [-0.39, 0.29) is 5.91 Å². The molecule has 2 aromatic rings. The fourth-order valence-corrected chi connectivity index (χ4v) is 2.99. The Morgan fingerprint density at radius 2 is 2.26 bits per heavy atom. The van der Waals surface area contributed by atoms with Crippen molar-refractivity contribution < 1.29 is 4.79 Å². The van der Waals surface area contributed by atoms with E-state index in [1.807, 2.05) is 4.90 Å². The van der Waals surface area contributed by atoms with Crippen molar-refractivity contribution in [2.24, 2.45) is 0 Å². The summed E-state index contributed by atoms with van der Waals surface area (Å²) in [4.78, 5) is 27.3. The van der Waals surface area contributed by atoms with Crippen LogP contribution in [0.4, 0.5) is 0 Å². The van der Waals surface area contributed by atoms with Gasteiger partial charge in [0.05, 0.1) is 17.4 Å². The molecular weight excluding hydrogens is 260 g/mol. The van der Waals surface area contributed by atoms with Crippen molar-refractivity contribution in [2.75, 3.05) is 13.1 Å². The summed E-state index contributed by atoms with van der Waals surface area (Å²) < 4.78 is 0. The molecule has 1 fully saturated rings. The third-order valence-electron chi connectivity index (χ3n) is 3.35. The predicted octanol–water partition coefficient (Wildman–Crippen LogP) is 1.95. The number of likely N-dealkylation sites (tertiary alicyclic amines) is 1. The third-order valence-corrected chi connectivity index (χ3v) is 4.11. The molecule has 3 rings (SSSR count). The van der Waals surface area contributed by atoms with Gasteiger partial charge in [0.25, 0.3) is 5.91 Å². The average molecular weight is 274 g/mol. The van der Waals surface area contributed by atoms with Gasteiger partial charge in [-0.25, -0.2) is 0 Å². The Morgan fingerprint density at radius 3 is 3.00 bits per heavy atom. The monoisotopic (exact) mass is 274 g/mol. The van der Waals surface area contributed by atoms with Crippen molar-refractivity contribution in [3.8, 4) is 0 Å². The van der Waals surface area contributed by atoms with Crippen molar-refractivity contribution in [3.05, 3.63) is 40.9 Å². The zero-order chi connectivity index (χ0) is 13.1. The van der Waals surface area contributed by atoms with Gasteiger partial charge in [0.2, 0.25) is 0 Å². The second-order valence-electron chi connectivity index (χ2n) is 4.59. The van der Waals surface area contributed by atoms with Gasteiger partial charge in [-0.05, 0) is 12.8 Å². The van der Waals surface area contributed by atoms with Crippen molar-refractivity contribution in [2.45, 2.75) is 18.8 Å². The van der Waals surface area contributed by atoms with Gasteiger partial charge < -0.3 is 4.90 Å². The summed E-state index contributed by atoms with van der Waals surface area (Å²) in [6.07, 6.45) is 8.88. The summed E-state index contributed by atoms with van der Waals surface area (Å²) in [5.41, 5.74) is 2.67. The summed E-state index contributed by atoms with van der Waals surface area (Å²) in [5, 5.41) is 0. The molecule has 0 saturated carbocycles. The standard InChI is InChI=1S/C13H14N4OS/c18-13(12-7-15-9-19-12)17-5-1-2-10(8-17)11-6-14-3-4-16-11/h3-4,6-7,9-10H,1-2,5,8H2. The molecular formula is C13H14N4OS. The van der Waals surface area contributed by atoms with E-state index in [2.05, 4.69) is 15.0 Å². The maximum absolute atomic E-state index is 12.3. The van der Waals surface area contributed by atoms with Gasteiger partial charge in [0, 0.05) is 37.6 Å². The van der Waals surface area contributed by atoms with Crippen molar-refractivity contribution in [3.63, 3.8) is 0 Å². The number of rotatable bonds is 2. The van der Waals surface area contributed by atoms with Crippen molar-refractivity contribution in [1.82, 2.24) is 19.9 Å². The number of carbonyl (C=O) groups is 1. The van der Waals surface area contributed by atoms with E-state index in [4.69, 9.17) is 0 Å². The smallest absolute Gasteiger partial charge is 0.265 e. The first-order valence-electron chi connectivity index (χ1n) is 6.28. The fraction of sp³-hybridized carbons (Fsp3) is 0.385. The summed E-state index contributed by atoms with van der Waals surface area (Å²) in [6.45, 7) is 1.53. The first-order valence-corrected chi connectivity index (χ1v) is 7.16. The van der Waals surface area contributed by atoms with Crippen LogP contribution in [0.1, 0.15) is 34.1 Å². The first-order chi connectivity index (χ1) is 9.34. The molecule has 0 aliphatic carbocycles. The lowest BCUT2D eigenvalue weighted by Gasteiger charge is -2.32. The maximum Gasteiger partial charge on any atom is 0.265 e. The van der Waals surface area contributed by atoms with E-state index < -0.39 is 0 Å². The Hall–Kier alpha value is -1.82. The lowest BCUT2D eigenvalue weighted by atomic mass is 9.95. The number of aromatic nitrogens is 3. The number of hydrogen-bond acceptors (Lipinski definition) is 5. The highest BCUT2D eigenvalue weighted by Crippen LogP contribution is 2.26. The zero-order valence-electron chi connectivity index (χ0n) is 10.4. The normalized spacial score (nSPS) is 19.4. The molecule has 0 bridgehead atoms. The van der Waals surface area contributed by atoms with E-state index in [9.17, 15) is 4.79 Å². The van der Waals surface area contributed by atoms with E-state index in [1.165, 1.54) is 11.3 Å². The van der Waals surface area contributed by atoms with E-state index in [0.717, 1.165) is 31.6 Å². The topological polar surface area (TPSA) is 59.0 Å². The van der Waals surface area contributed by atoms with Gasteiger partial charge in [-0.2, -0.15) is 0 Å². The molecule has 19 heavy (non-hydrogen) atoms. The van der Waals surface area contributed by atoms with Gasteiger partial charge >= 0.3 is 0 Å².